The smallest absolute Gasteiger partial charge is 0.325 e. The van der Waals surface area contributed by atoms with Crippen LogP contribution in [0.25, 0.3) is 0 Å². The normalized spacial score (nSPS) is 12.5. The molecule has 0 radical (unpaired) electrons. The summed E-state index contributed by atoms with van der Waals surface area (Å²) in [6.07, 6.45) is 0.558. The van der Waals surface area contributed by atoms with Gasteiger partial charge >= 0.3 is 5.97 Å². The molecule has 0 bridgehead atoms. The molecule has 1 N–H and O–H groups in total. The van der Waals surface area contributed by atoms with E-state index < -0.39 is 22.0 Å². The molecule has 0 heterocycles. The molecule has 2 rings (SSSR count). The molecule has 0 aliphatic carbocycles. The number of aryl methyl sites for hydroxylation is 1. The Hall–Kier alpha value is -1.35. The van der Waals surface area contributed by atoms with Crippen molar-refractivity contribution in [1.82, 2.24) is 4.72 Å². The molecule has 0 aliphatic heterocycles. The Kier molecular flexibility index (Phi) is 9.01. The molecular formula is C20H24BrNO4S2. The minimum Gasteiger partial charge on any atom is -0.465 e. The molecule has 0 amide bonds. The molecule has 0 saturated carbocycles. The van der Waals surface area contributed by atoms with Gasteiger partial charge in [0.05, 0.1) is 11.5 Å². The zero-order valence-corrected chi connectivity index (χ0v) is 19.1. The summed E-state index contributed by atoms with van der Waals surface area (Å²) in [7, 11) is -3.86. The van der Waals surface area contributed by atoms with Crippen molar-refractivity contribution in [2.75, 3.05) is 12.4 Å². The summed E-state index contributed by atoms with van der Waals surface area (Å²) in [5.41, 5.74) is 1.79. The average molecular weight is 486 g/mol. The Morgan fingerprint density at radius 3 is 2.54 bits per heavy atom. The van der Waals surface area contributed by atoms with E-state index in [1.165, 1.54) is 11.8 Å². The highest BCUT2D eigenvalue weighted by molar-refractivity contribution is 9.10. The largest absolute Gasteiger partial charge is 0.465 e. The fourth-order valence-electron chi connectivity index (χ4n) is 2.60. The molecule has 2 aromatic rings. The lowest BCUT2D eigenvalue weighted by atomic mass is 10.2. The third-order valence-corrected chi connectivity index (χ3v) is 7.13. The second-order valence-corrected chi connectivity index (χ2v) is 9.66. The maximum absolute atomic E-state index is 12.9. The zero-order chi connectivity index (χ0) is 20.6. The molecule has 1 atom stereocenters. The number of carbonyl (C=O) groups excluding carboxylic acids is 1. The van der Waals surface area contributed by atoms with Crippen molar-refractivity contribution < 1.29 is 17.9 Å². The van der Waals surface area contributed by atoms with Gasteiger partial charge in [-0.3, -0.25) is 4.79 Å². The number of carbonyl (C=O) groups is 1. The lowest BCUT2D eigenvalue weighted by Gasteiger charge is -2.18. The number of nitrogens with one attached hydrogen (secondary N) is 1. The van der Waals surface area contributed by atoms with Gasteiger partial charge in [0.1, 0.15) is 6.04 Å². The van der Waals surface area contributed by atoms with E-state index in [0.29, 0.717) is 17.7 Å². The van der Waals surface area contributed by atoms with Gasteiger partial charge in [0.15, 0.2) is 0 Å². The fraction of sp³-hybridized carbons (Fsp3) is 0.350. The molecule has 5 nitrogen and oxygen atoms in total. The number of thioether (sulfide) groups is 1. The number of benzene rings is 2. The van der Waals surface area contributed by atoms with Crippen LogP contribution in [0.3, 0.4) is 0 Å². The first kappa shape index (κ1) is 22.9. The topological polar surface area (TPSA) is 72.5 Å². The third-order valence-electron chi connectivity index (χ3n) is 3.96. The molecule has 2 aromatic carbocycles. The SMILES string of the molecule is CCOC(=O)[C@H](CSCc1ccccc1)NS(=O)(=O)c1ccc(Br)cc1CC. The monoisotopic (exact) mass is 485 g/mol. The quantitative estimate of drug-likeness (QED) is 0.511. The van der Waals surface area contributed by atoms with Gasteiger partial charge in [0, 0.05) is 16.0 Å². The lowest BCUT2D eigenvalue weighted by Crippen LogP contribution is -2.43. The van der Waals surface area contributed by atoms with Crippen molar-refractivity contribution in [2.45, 2.75) is 37.0 Å². The summed E-state index contributed by atoms with van der Waals surface area (Å²) < 4.78 is 34.3. The number of esters is 1. The van der Waals surface area contributed by atoms with E-state index in [0.717, 1.165) is 10.0 Å². The van der Waals surface area contributed by atoms with Crippen LogP contribution in [-0.2, 0) is 31.7 Å². The van der Waals surface area contributed by atoms with Crippen molar-refractivity contribution in [2.24, 2.45) is 0 Å². The minimum atomic E-state index is -3.86. The van der Waals surface area contributed by atoms with E-state index in [-0.39, 0.29) is 17.3 Å². The first-order chi connectivity index (χ1) is 13.4. The van der Waals surface area contributed by atoms with Gasteiger partial charge in [-0.25, -0.2) is 8.42 Å². The molecule has 152 valence electrons. The maximum atomic E-state index is 12.9. The summed E-state index contributed by atoms with van der Waals surface area (Å²) in [4.78, 5) is 12.5. The summed E-state index contributed by atoms with van der Waals surface area (Å²) in [5.74, 6) is 0.392. The number of rotatable bonds is 10. The maximum Gasteiger partial charge on any atom is 0.325 e. The van der Waals surface area contributed by atoms with Crippen LogP contribution in [0.2, 0.25) is 0 Å². The second kappa shape index (κ2) is 11.0. The number of hydrogen-bond donors (Lipinski definition) is 1. The summed E-state index contributed by atoms with van der Waals surface area (Å²) in [5, 5.41) is 0. The molecular weight excluding hydrogens is 462 g/mol. The van der Waals surface area contributed by atoms with Gasteiger partial charge in [0.25, 0.3) is 0 Å². The minimum absolute atomic E-state index is 0.181. The Bertz CT molecular complexity index is 888. The summed E-state index contributed by atoms with van der Waals surface area (Å²) in [6, 6.07) is 13.9. The molecule has 8 heteroatoms. The Morgan fingerprint density at radius 1 is 1.18 bits per heavy atom. The van der Waals surface area contributed by atoms with Gasteiger partial charge in [0.2, 0.25) is 10.0 Å². The molecule has 0 spiro atoms. The highest BCUT2D eigenvalue weighted by Gasteiger charge is 2.28. The van der Waals surface area contributed by atoms with E-state index >= 15 is 0 Å². The van der Waals surface area contributed by atoms with Gasteiger partial charge in [-0.1, -0.05) is 53.2 Å². The van der Waals surface area contributed by atoms with Crippen LogP contribution in [0.15, 0.2) is 57.9 Å². The van der Waals surface area contributed by atoms with Crippen LogP contribution < -0.4 is 4.72 Å². The van der Waals surface area contributed by atoms with Gasteiger partial charge in [-0.2, -0.15) is 16.5 Å². The van der Waals surface area contributed by atoms with Crippen LogP contribution in [0.4, 0.5) is 0 Å². The van der Waals surface area contributed by atoms with Crippen molar-refractivity contribution >= 4 is 43.7 Å². The van der Waals surface area contributed by atoms with Crippen LogP contribution in [0.5, 0.6) is 0 Å². The van der Waals surface area contributed by atoms with Gasteiger partial charge in [-0.15, -0.1) is 0 Å². The lowest BCUT2D eigenvalue weighted by molar-refractivity contribution is -0.144. The average Bonchev–Trinajstić information content (AvgIpc) is 2.67. The van der Waals surface area contributed by atoms with E-state index in [1.807, 2.05) is 37.3 Å². The van der Waals surface area contributed by atoms with E-state index in [1.54, 1.807) is 25.1 Å². The molecule has 0 unspecified atom stereocenters. The predicted molar refractivity (Wildman–Crippen MR) is 117 cm³/mol. The Balaban J connectivity index is 2.15. The van der Waals surface area contributed by atoms with Crippen molar-refractivity contribution in [3.63, 3.8) is 0 Å². The van der Waals surface area contributed by atoms with Crippen LogP contribution in [-0.4, -0.2) is 32.8 Å². The first-order valence-electron chi connectivity index (χ1n) is 8.96. The predicted octanol–water partition coefficient (Wildman–Crippen LogP) is 4.15. The molecule has 28 heavy (non-hydrogen) atoms. The van der Waals surface area contributed by atoms with Crippen molar-refractivity contribution in [3.05, 3.63) is 64.1 Å². The zero-order valence-electron chi connectivity index (χ0n) is 15.9. The Labute approximate surface area is 179 Å². The van der Waals surface area contributed by atoms with E-state index in [4.69, 9.17) is 4.74 Å². The van der Waals surface area contributed by atoms with E-state index in [2.05, 4.69) is 20.7 Å². The van der Waals surface area contributed by atoms with Crippen molar-refractivity contribution in [3.8, 4) is 0 Å². The fourth-order valence-corrected chi connectivity index (χ4v) is 5.59. The van der Waals surface area contributed by atoms with Gasteiger partial charge < -0.3 is 4.74 Å². The van der Waals surface area contributed by atoms with Crippen LogP contribution in [0.1, 0.15) is 25.0 Å². The van der Waals surface area contributed by atoms with Gasteiger partial charge in [-0.05, 0) is 42.7 Å². The van der Waals surface area contributed by atoms with Crippen molar-refractivity contribution in [1.29, 1.82) is 0 Å². The second-order valence-electron chi connectivity index (χ2n) is 6.03. The number of sulfonamides is 1. The Morgan fingerprint density at radius 2 is 1.89 bits per heavy atom. The molecule has 0 aromatic heterocycles. The summed E-state index contributed by atoms with van der Waals surface area (Å²) in [6.45, 7) is 3.78. The van der Waals surface area contributed by atoms with E-state index in [9.17, 15) is 13.2 Å². The highest BCUT2D eigenvalue weighted by atomic mass is 79.9. The van der Waals surface area contributed by atoms with Crippen LogP contribution >= 0.6 is 27.7 Å². The molecule has 0 saturated heterocycles. The number of ether oxygens (including phenoxy) is 1. The summed E-state index contributed by atoms with van der Waals surface area (Å²) >= 11 is 4.84. The standard InChI is InChI=1S/C20H24BrNO4S2/c1-3-16-12-17(21)10-11-19(16)28(24,25)22-18(20(23)26-4-2)14-27-13-15-8-6-5-7-9-15/h5-12,18,22H,3-4,13-14H2,1-2H3/t18-/m0/s1. The highest BCUT2D eigenvalue weighted by Crippen LogP contribution is 2.22. The third kappa shape index (κ3) is 6.62. The molecule has 0 fully saturated rings. The number of halogens is 1. The number of hydrogen-bond acceptors (Lipinski definition) is 5. The molecule has 0 aliphatic rings. The van der Waals surface area contributed by atoms with Crippen LogP contribution in [0, 0.1) is 0 Å². The first-order valence-corrected chi connectivity index (χ1v) is 12.4.